The lowest BCUT2D eigenvalue weighted by molar-refractivity contribution is 0.0186. The van der Waals surface area contributed by atoms with Crippen LogP contribution in [-0.2, 0) is 4.74 Å². The summed E-state index contributed by atoms with van der Waals surface area (Å²) in [5, 5.41) is 3.18. The molecular formula is C19H29ClIN5O3. The molecular weight excluding hydrogens is 509 g/mol. The van der Waals surface area contributed by atoms with Crippen molar-refractivity contribution in [3.05, 3.63) is 34.9 Å². The SMILES string of the molecule is CC(C)(C)OC(=O)N1CCN(C(N)=NCCNC(=O)c2ccccc2Cl)CC1.I. The van der Waals surface area contributed by atoms with Crippen molar-refractivity contribution >= 4 is 53.5 Å². The molecule has 0 saturated carbocycles. The number of rotatable bonds is 4. The summed E-state index contributed by atoms with van der Waals surface area (Å²) in [6.07, 6.45) is -0.315. The maximum absolute atomic E-state index is 12.1. The molecule has 29 heavy (non-hydrogen) atoms. The van der Waals surface area contributed by atoms with Crippen LogP contribution in [0.3, 0.4) is 0 Å². The van der Waals surface area contributed by atoms with Crippen LogP contribution in [0.1, 0.15) is 31.1 Å². The smallest absolute Gasteiger partial charge is 0.410 e. The minimum atomic E-state index is -0.511. The first kappa shape index (κ1) is 25.3. The number of hydrogen-bond acceptors (Lipinski definition) is 4. The fourth-order valence-corrected chi connectivity index (χ4v) is 2.85. The summed E-state index contributed by atoms with van der Waals surface area (Å²) in [6, 6.07) is 6.86. The molecule has 1 fully saturated rings. The van der Waals surface area contributed by atoms with Gasteiger partial charge in [-0.1, -0.05) is 23.7 Å². The Hall–Kier alpha value is -1.75. The molecule has 8 nitrogen and oxygen atoms in total. The van der Waals surface area contributed by atoms with Gasteiger partial charge in [0.05, 0.1) is 17.1 Å². The second kappa shape index (κ2) is 11.4. The molecule has 162 valence electrons. The predicted molar refractivity (Wildman–Crippen MR) is 125 cm³/mol. The van der Waals surface area contributed by atoms with Gasteiger partial charge < -0.3 is 25.6 Å². The quantitative estimate of drug-likeness (QED) is 0.266. The van der Waals surface area contributed by atoms with Crippen LogP contribution < -0.4 is 11.1 Å². The lowest BCUT2D eigenvalue weighted by atomic mass is 10.2. The van der Waals surface area contributed by atoms with E-state index in [0.717, 1.165) is 0 Å². The van der Waals surface area contributed by atoms with Gasteiger partial charge in [0.25, 0.3) is 5.91 Å². The van der Waals surface area contributed by atoms with Crippen LogP contribution in [-0.4, -0.2) is 72.6 Å². The van der Waals surface area contributed by atoms with E-state index in [1.165, 1.54) is 0 Å². The number of carbonyl (C=O) groups is 2. The number of aliphatic imine (C=N–C) groups is 1. The molecule has 1 aromatic rings. The number of guanidine groups is 1. The highest BCUT2D eigenvalue weighted by atomic mass is 127. The highest BCUT2D eigenvalue weighted by Gasteiger charge is 2.26. The van der Waals surface area contributed by atoms with E-state index in [9.17, 15) is 9.59 Å². The van der Waals surface area contributed by atoms with Crippen molar-refractivity contribution in [2.75, 3.05) is 39.3 Å². The molecule has 0 atom stereocenters. The first-order chi connectivity index (χ1) is 13.2. The van der Waals surface area contributed by atoms with Gasteiger partial charge in [0.1, 0.15) is 5.60 Å². The number of hydrogen-bond donors (Lipinski definition) is 2. The third-order valence-corrected chi connectivity index (χ3v) is 4.37. The number of nitrogens with zero attached hydrogens (tertiary/aromatic N) is 3. The molecule has 1 saturated heterocycles. The predicted octanol–water partition coefficient (Wildman–Crippen LogP) is 2.56. The van der Waals surface area contributed by atoms with Gasteiger partial charge in [-0.05, 0) is 32.9 Å². The van der Waals surface area contributed by atoms with E-state index in [4.69, 9.17) is 22.1 Å². The highest BCUT2D eigenvalue weighted by molar-refractivity contribution is 14.0. The summed E-state index contributed by atoms with van der Waals surface area (Å²) in [5.74, 6) is 0.154. The summed E-state index contributed by atoms with van der Waals surface area (Å²) in [7, 11) is 0. The number of ether oxygens (including phenoxy) is 1. The Morgan fingerprint density at radius 2 is 1.76 bits per heavy atom. The van der Waals surface area contributed by atoms with Crippen LogP contribution in [0, 0.1) is 0 Å². The zero-order valence-electron chi connectivity index (χ0n) is 17.0. The van der Waals surface area contributed by atoms with Crippen LogP contribution in [0.15, 0.2) is 29.3 Å². The first-order valence-corrected chi connectivity index (χ1v) is 9.60. The molecule has 0 aromatic heterocycles. The van der Waals surface area contributed by atoms with Crippen LogP contribution >= 0.6 is 35.6 Å². The van der Waals surface area contributed by atoms with Gasteiger partial charge >= 0.3 is 6.09 Å². The molecule has 0 unspecified atom stereocenters. The number of halogens is 2. The van der Waals surface area contributed by atoms with Gasteiger partial charge in [0, 0.05) is 32.7 Å². The maximum Gasteiger partial charge on any atom is 0.410 e. The number of carbonyl (C=O) groups excluding carboxylic acids is 2. The average Bonchev–Trinajstić information content (AvgIpc) is 2.64. The van der Waals surface area contributed by atoms with Crippen molar-refractivity contribution in [1.82, 2.24) is 15.1 Å². The largest absolute Gasteiger partial charge is 0.444 e. The summed E-state index contributed by atoms with van der Waals surface area (Å²) in [6.45, 7) is 8.45. The van der Waals surface area contributed by atoms with Crippen molar-refractivity contribution in [2.24, 2.45) is 10.7 Å². The lowest BCUT2D eigenvalue weighted by Gasteiger charge is -2.36. The average molecular weight is 538 g/mol. The molecule has 2 amide bonds. The molecule has 0 bridgehead atoms. The number of piperazine rings is 1. The van der Waals surface area contributed by atoms with Gasteiger partial charge in [-0.15, -0.1) is 24.0 Å². The Kier molecular flexibility index (Phi) is 9.97. The Morgan fingerprint density at radius 1 is 1.17 bits per heavy atom. The van der Waals surface area contributed by atoms with Gasteiger partial charge in [-0.2, -0.15) is 0 Å². The number of nitrogens with two attached hydrogens (primary N) is 1. The maximum atomic E-state index is 12.1. The van der Waals surface area contributed by atoms with Crippen molar-refractivity contribution < 1.29 is 14.3 Å². The fraction of sp³-hybridized carbons (Fsp3) is 0.526. The zero-order valence-corrected chi connectivity index (χ0v) is 20.1. The van der Waals surface area contributed by atoms with Crippen molar-refractivity contribution in [3.63, 3.8) is 0 Å². The van der Waals surface area contributed by atoms with Crippen molar-refractivity contribution in [3.8, 4) is 0 Å². The molecule has 1 aromatic carbocycles. The van der Waals surface area contributed by atoms with Crippen molar-refractivity contribution in [1.29, 1.82) is 0 Å². The first-order valence-electron chi connectivity index (χ1n) is 9.23. The van der Waals surface area contributed by atoms with Gasteiger partial charge in [-0.3, -0.25) is 9.79 Å². The van der Waals surface area contributed by atoms with Crippen LogP contribution in [0.5, 0.6) is 0 Å². The molecule has 10 heteroatoms. The zero-order chi connectivity index (χ0) is 20.7. The normalized spacial score (nSPS) is 14.8. The second-order valence-corrected chi connectivity index (χ2v) is 7.84. The fourth-order valence-electron chi connectivity index (χ4n) is 2.63. The molecule has 1 aliphatic heterocycles. The van der Waals surface area contributed by atoms with E-state index in [-0.39, 0.29) is 36.0 Å². The summed E-state index contributed by atoms with van der Waals surface area (Å²) >= 11 is 6.00. The molecule has 1 heterocycles. The van der Waals surface area contributed by atoms with E-state index in [1.807, 2.05) is 25.7 Å². The standard InChI is InChI=1S/C19H28ClN5O3.HI/c1-19(2,3)28-18(27)25-12-10-24(11-13-25)17(21)23-9-8-22-16(26)14-6-4-5-7-15(14)20;/h4-7H,8-13H2,1-3H3,(H2,21,23)(H,22,26);1H. The summed E-state index contributed by atoms with van der Waals surface area (Å²) < 4.78 is 5.38. The Morgan fingerprint density at radius 3 is 2.34 bits per heavy atom. The number of nitrogens with one attached hydrogen (secondary N) is 1. The van der Waals surface area contributed by atoms with Crippen molar-refractivity contribution in [2.45, 2.75) is 26.4 Å². The molecule has 1 aliphatic rings. The van der Waals surface area contributed by atoms with E-state index in [1.54, 1.807) is 29.2 Å². The van der Waals surface area contributed by atoms with E-state index >= 15 is 0 Å². The highest BCUT2D eigenvalue weighted by Crippen LogP contribution is 2.14. The van der Waals surface area contributed by atoms with Gasteiger partial charge in [-0.25, -0.2) is 4.79 Å². The molecule has 2 rings (SSSR count). The molecule has 0 aliphatic carbocycles. The molecule has 3 N–H and O–H groups in total. The summed E-state index contributed by atoms with van der Waals surface area (Å²) in [4.78, 5) is 32.0. The Balaban J connectivity index is 0.00000420. The van der Waals surface area contributed by atoms with Crippen LogP contribution in [0.2, 0.25) is 5.02 Å². The lowest BCUT2D eigenvalue weighted by Crippen LogP contribution is -2.53. The number of benzene rings is 1. The molecule has 0 spiro atoms. The minimum absolute atomic E-state index is 0. The number of amides is 2. The second-order valence-electron chi connectivity index (χ2n) is 7.43. The van der Waals surface area contributed by atoms with E-state index in [2.05, 4.69) is 10.3 Å². The third-order valence-electron chi connectivity index (χ3n) is 4.05. The summed E-state index contributed by atoms with van der Waals surface area (Å²) in [5.41, 5.74) is 5.95. The minimum Gasteiger partial charge on any atom is -0.444 e. The topological polar surface area (TPSA) is 100 Å². The monoisotopic (exact) mass is 537 g/mol. The third kappa shape index (κ3) is 8.25. The van der Waals surface area contributed by atoms with E-state index in [0.29, 0.717) is 55.8 Å². The Bertz CT molecular complexity index is 731. The molecule has 0 radical (unpaired) electrons. The van der Waals surface area contributed by atoms with Crippen LogP contribution in [0.25, 0.3) is 0 Å². The van der Waals surface area contributed by atoms with Gasteiger partial charge in [0.2, 0.25) is 0 Å². The van der Waals surface area contributed by atoms with Crippen LogP contribution in [0.4, 0.5) is 4.79 Å². The Labute approximate surface area is 193 Å². The van der Waals surface area contributed by atoms with E-state index < -0.39 is 5.60 Å². The van der Waals surface area contributed by atoms with Gasteiger partial charge in [0.15, 0.2) is 5.96 Å².